The Bertz CT molecular complexity index is 353. The van der Waals surface area contributed by atoms with Crippen molar-refractivity contribution in [3.05, 3.63) is 17.6 Å². The van der Waals surface area contributed by atoms with Crippen LogP contribution in [0.3, 0.4) is 0 Å². The van der Waals surface area contributed by atoms with Gasteiger partial charge in [0.2, 0.25) is 5.91 Å². The molecule has 0 spiro atoms. The lowest BCUT2D eigenvalue weighted by Gasteiger charge is -2.42. The molecular weight excluding hydrogens is 266 g/mol. The van der Waals surface area contributed by atoms with Gasteiger partial charge in [0.1, 0.15) is 6.04 Å². The number of nitrogens with one attached hydrogen (secondary N) is 2. The molecule has 0 saturated carbocycles. The summed E-state index contributed by atoms with van der Waals surface area (Å²) < 4.78 is 0. The van der Waals surface area contributed by atoms with E-state index in [0.717, 1.165) is 51.6 Å². The van der Waals surface area contributed by atoms with Gasteiger partial charge in [0.15, 0.2) is 0 Å². The van der Waals surface area contributed by atoms with Crippen LogP contribution in [0.5, 0.6) is 0 Å². The Morgan fingerprint density at radius 3 is 2.86 bits per heavy atom. The number of hydrogen-bond donors (Lipinski definition) is 2. The van der Waals surface area contributed by atoms with Gasteiger partial charge >= 0.3 is 0 Å². The number of amides is 1. The van der Waals surface area contributed by atoms with E-state index in [1.165, 1.54) is 6.92 Å². The predicted octanol–water partition coefficient (Wildman–Crippen LogP) is 2.76. The van der Waals surface area contributed by atoms with E-state index in [1.807, 2.05) is 6.08 Å². The maximum absolute atomic E-state index is 11.8. The zero-order chi connectivity index (χ0) is 15.7. The molecule has 1 saturated heterocycles. The number of carbonyl (C=O) groups is 1. The van der Waals surface area contributed by atoms with Crippen LogP contribution in [0.2, 0.25) is 0 Å². The fourth-order valence-electron chi connectivity index (χ4n) is 3.46. The predicted molar refractivity (Wildman–Crippen MR) is 86.1 cm³/mol. The maximum Gasteiger partial charge on any atom is 0.217 e. The van der Waals surface area contributed by atoms with E-state index in [9.17, 15) is 9.70 Å². The number of nitrogens with zero attached hydrogens (tertiary/aromatic N) is 1. The molecular formula is C16H29N3O2. The van der Waals surface area contributed by atoms with Gasteiger partial charge in [0.25, 0.3) is 0 Å². The Labute approximate surface area is 127 Å². The summed E-state index contributed by atoms with van der Waals surface area (Å²) in [6.45, 7) is 9.16. The fourth-order valence-corrected chi connectivity index (χ4v) is 3.46. The van der Waals surface area contributed by atoms with Crippen LogP contribution in [0.15, 0.2) is 17.8 Å². The minimum Gasteiger partial charge on any atom is -0.348 e. The molecule has 1 amide bonds. The van der Waals surface area contributed by atoms with E-state index in [0.29, 0.717) is 0 Å². The molecule has 0 bridgehead atoms. The maximum atomic E-state index is 11.8. The Balaban J connectivity index is 3.07. The number of unbranched alkanes of at least 4 members (excludes halogenated alkanes) is 1. The summed E-state index contributed by atoms with van der Waals surface area (Å²) in [4.78, 5) is 23.3. The zero-order valence-corrected chi connectivity index (χ0v) is 13.4. The summed E-state index contributed by atoms with van der Waals surface area (Å²) in [5.41, 5.74) is -0.541. The van der Waals surface area contributed by atoms with Crippen LogP contribution in [-0.4, -0.2) is 30.6 Å². The monoisotopic (exact) mass is 295 g/mol. The zero-order valence-electron chi connectivity index (χ0n) is 13.4. The lowest BCUT2D eigenvalue weighted by atomic mass is 9.72. The Hall–Kier alpha value is -1.23. The smallest absolute Gasteiger partial charge is 0.217 e. The van der Waals surface area contributed by atoms with Gasteiger partial charge in [-0.2, -0.15) is 4.91 Å². The van der Waals surface area contributed by atoms with Crippen molar-refractivity contribution in [2.75, 3.05) is 13.1 Å². The van der Waals surface area contributed by atoms with E-state index in [1.54, 1.807) is 0 Å². The molecule has 0 radical (unpaired) electrons. The summed E-state index contributed by atoms with van der Waals surface area (Å²) in [6, 6.07) is -0.369. The molecule has 0 aromatic carbocycles. The van der Waals surface area contributed by atoms with Gasteiger partial charge in [0.05, 0.1) is 5.54 Å². The summed E-state index contributed by atoms with van der Waals surface area (Å²) in [5, 5.41) is 9.87. The van der Waals surface area contributed by atoms with Crippen molar-refractivity contribution in [3.8, 4) is 0 Å². The number of hydrogen-bond acceptors (Lipinski definition) is 4. The first-order chi connectivity index (χ1) is 10.1. The summed E-state index contributed by atoms with van der Waals surface area (Å²) in [6.07, 6.45) is 7.01. The lowest BCUT2D eigenvalue weighted by Crippen LogP contribution is -2.60. The molecule has 2 unspecified atom stereocenters. The summed E-state index contributed by atoms with van der Waals surface area (Å²) >= 11 is 0. The summed E-state index contributed by atoms with van der Waals surface area (Å²) in [5.74, 6) is 0.164. The highest BCUT2D eigenvalue weighted by molar-refractivity contribution is 5.74. The normalized spacial score (nSPS) is 22.3. The number of allylic oxidation sites excluding steroid dienone is 1. The van der Waals surface area contributed by atoms with E-state index >= 15 is 0 Å². The highest BCUT2D eigenvalue weighted by atomic mass is 16.3. The van der Waals surface area contributed by atoms with Gasteiger partial charge in [-0.3, -0.25) is 4.79 Å². The highest BCUT2D eigenvalue weighted by Gasteiger charge is 2.47. The Morgan fingerprint density at radius 2 is 2.38 bits per heavy atom. The van der Waals surface area contributed by atoms with Crippen LogP contribution in [0, 0.1) is 10.8 Å². The van der Waals surface area contributed by atoms with E-state index in [-0.39, 0.29) is 17.9 Å². The van der Waals surface area contributed by atoms with Crippen LogP contribution in [0.4, 0.5) is 0 Å². The van der Waals surface area contributed by atoms with Crippen molar-refractivity contribution in [2.24, 2.45) is 11.1 Å². The van der Waals surface area contributed by atoms with Crippen LogP contribution < -0.4 is 10.6 Å². The second kappa shape index (κ2) is 8.93. The molecule has 3 atom stereocenters. The molecule has 1 heterocycles. The lowest BCUT2D eigenvalue weighted by molar-refractivity contribution is -0.122. The molecule has 5 heteroatoms. The van der Waals surface area contributed by atoms with Crippen LogP contribution in [0.25, 0.3) is 0 Å². The standard InChI is InChI=1S/C16H29N3O2/c1-4-6-8-15(19-21)16(10-7-5-2,18-13(3)20)14-9-11-17-12-14/h5,14-15,17H,2,4,6-12H2,1,3H3,(H,18,20)/t14-,15?,16?/m1/s1. The molecule has 21 heavy (non-hydrogen) atoms. The summed E-state index contributed by atoms with van der Waals surface area (Å²) in [7, 11) is 0. The molecule has 5 nitrogen and oxygen atoms in total. The molecule has 120 valence electrons. The topological polar surface area (TPSA) is 70.6 Å². The minimum absolute atomic E-state index is 0.0869. The first-order valence-electron chi connectivity index (χ1n) is 8.03. The van der Waals surface area contributed by atoms with Crippen LogP contribution in [-0.2, 0) is 4.79 Å². The van der Waals surface area contributed by atoms with Gasteiger partial charge in [-0.05, 0) is 38.1 Å². The molecule has 1 rings (SSSR count). The molecule has 1 fully saturated rings. The van der Waals surface area contributed by atoms with Crippen molar-refractivity contribution >= 4 is 5.91 Å². The molecule has 0 aliphatic carbocycles. The van der Waals surface area contributed by atoms with Crippen molar-refractivity contribution in [3.63, 3.8) is 0 Å². The van der Waals surface area contributed by atoms with Gasteiger partial charge in [-0.15, -0.1) is 6.58 Å². The molecule has 0 aromatic heterocycles. The Kier molecular flexibility index (Phi) is 7.57. The number of rotatable bonds is 10. The molecule has 2 N–H and O–H groups in total. The average molecular weight is 295 g/mol. The van der Waals surface area contributed by atoms with Crippen molar-refractivity contribution in [1.82, 2.24) is 10.6 Å². The largest absolute Gasteiger partial charge is 0.348 e. The third-order valence-corrected chi connectivity index (χ3v) is 4.51. The fraction of sp³-hybridized carbons (Fsp3) is 0.812. The quantitative estimate of drug-likeness (QED) is 0.481. The number of carbonyl (C=O) groups excluding carboxylic acids is 1. The van der Waals surface area contributed by atoms with Gasteiger partial charge in [-0.25, -0.2) is 0 Å². The van der Waals surface area contributed by atoms with Crippen LogP contribution >= 0.6 is 0 Å². The van der Waals surface area contributed by atoms with Crippen molar-refractivity contribution < 1.29 is 4.79 Å². The molecule has 1 aliphatic rings. The van der Waals surface area contributed by atoms with E-state index in [4.69, 9.17) is 0 Å². The minimum atomic E-state index is -0.541. The first kappa shape index (κ1) is 17.8. The average Bonchev–Trinajstić information content (AvgIpc) is 2.99. The van der Waals surface area contributed by atoms with E-state index < -0.39 is 5.54 Å². The third-order valence-electron chi connectivity index (χ3n) is 4.51. The highest BCUT2D eigenvalue weighted by Crippen LogP contribution is 2.35. The van der Waals surface area contributed by atoms with Crippen molar-refractivity contribution in [2.45, 2.75) is 64.0 Å². The second-order valence-corrected chi connectivity index (χ2v) is 6.00. The van der Waals surface area contributed by atoms with Crippen LogP contribution in [0.1, 0.15) is 52.4 Å². The van der Waals surface area contributed by atoms with Gasteiger partial charge in [-0.1, -0.05) is 31.0 Å². The number of nitroso groups, excluding NO2 is 1. The molecule has 0 aromatic rings. The Morgan fingerprint density at radius 1 is 1.62 bits per heavy atom. The third kappa shape index (κ3) is 4.63. The molecule has 1 aliphatic heterocycles. The second-order valence-electron chi connectivity index (χ2n) is 6.00. The SMILES string of the molecule is C=CCCC(NC(C)=O)(C(CCCC)N=O)[C@@H]1CCNC1. The van der Waals surface area contributed by atoms with Gasteiger partial charge in [0, 0.05) is 13.5 Å². The van der Waals surface area contributed by atoms with E-state index in [2.05, 4.69) is 29.3 Å². The van der Waals surface area contributed by atoms with Gasteiger partial charge < -0.3 is 10.6 Å². The van der Waals surface area contributed by atoms with Crippen molar-refractivity contribution in [1.29, 1.82) is 0 Å². The first-order valence-corrected chi connectivity index (χ1v) is 8.03.